The smallest absolute Gasteiger partial charge is 0.252 e. The minimum atomic E-state index is -0.772. The Labute approximate surface area is 662 Å². The first-order valence-corrected chi connectivity index (χ1v) is 39.1. The van der Waals surface area contributed by atoms with Crippen LogP contribution < -0.4 is 26.2 Å². The van der Waals surface area contributed by atoms with Gasteiger partial charge in [0.2, 0.25) is 0 Å². The molecule has 0 bridgehead atoms. The standard InChI is InChI=1S/C104H97BN6/c1-99(2,3)73-43-38-64(39-44-73)71-56-96-98-97(57-71)111(92-61-93(110-89-36-25-21-32-82(89)83-33-22-26-37-90(83)110)84(53-72(92)63-107)67-28-27-29-74(48-67)100(4,5)6)95-55-66(70-51-77(103(13,14)15)59-78(52-70)104(16,17)18)42-47-86(95)105(98)85-46-41-65(69-49-75(101(7,8)9)58-76(50-69)102(10,11)12)54-94(85)108(96)79-45-40-68(62-106)91(60-79)109-87-34-23-19-30-80(87)81-31-20-24-35-88(81)109/h19-61H,1-18H3/i27D,28D,29D,48D. The van der Waals surface area contributed by atoms with Crippen molar-refractivity contribution >= 4 is 101 Å². The van der Waals surface area contributed by atoms with E-state index in [1.165, 1.54) is 27.8 Å². The van der Waals surface area contributed by atoms with Crippen LogP contribution in [0.15, 0.2) is 261 Å². The summed E-state index contributed by atoms with van der Waals surface area (Å²) in [6.45, 7) is 39.6. The van der Waals surface area contributed by atoms with Gasteiger partial charge in [0.1, 0.15) is 12.1 Å². The summed E-state index contributed by atoms with van der Waals surface area (Å²) in [6.07, 6.45) is 0. The molecule has 2 aliphatic heterocycles. The van der Waals surface area contributed by atoms with E-state index in [0.29, 0.717) is 28.1 Å². The number of nitriles is 2. The zero-order chi connectivity index (χ0) is 81.4. The molecule has 0 atom stereocenters. The van der Waals surface area contributed by atoms with Gasteiger partial charge in [-0.3, -0.25) is 0 Å². The number of aromatic nitrogens is 2. The summed E-state index contributed by atoms with van der Waals surface area (Å²) < 4.78 is 44.0. The van der Waals surface area contributed by atoms with Gasteiger partial charge in [-0.2, -0.15) is 10.5 Å². The molecule has 0 amide bonds. The third-order valence-electron chi connectivity index (χ3n) is 23.3. The van der Waals surface area contributed by atoms with Crippen molar-refractivity contribution in [3.63, 3.8) is 0 Å². The average Bonchev–Trinajstić information content (AvgIpc) is 1.39. The Morgan fingerprint density at radius 1 is 0.297 bits per heavy atom. The molecule has 0 N–H and O–H groups in total. The number of hydrogen-bond acceptors (Lipinski definition) is 4. The average molecular weight is 1450 g/mol. The number of rotatable bonds is 8. The van der Waals surface area contributed by atoms with Gasteiger partial charge in [0.25, 0.3) is 6.71 Å². The van der Waals surface area contributed by atoms with Crippen molar-refractivity contribution in [2.24, 2.45) is 0 Å². The van der Waals surface area contributed by atoms with E-state index in [9.17, 15) is 16.0 Å². The number of benzene rings is 13. The Morgan fingerprint density at radius 3 is 1.14 bits per heavy atom. The molecular formula is C104H97BN6. The molecule has 0 fully saturated rings. The van der Waals surface area contributed by atoms with E-state index in [-0.39, 0.29) is 62.4 Å². The second-order valence-electron chi connectivity index (χ2n) is 37.1. The van der Waals surface area contributed by atoms with Gasteiger partial charge in [-0.1, -0.05) is 307 Å². The van der Waals surface area contributed by atoms with Crippen LogP contribution in [-0.2, 0) is 32.5 Å². The minimum absolute atomic E-state index is 0.0260. The molecule has 111 heavy (non-hydrogen) atoms. The molecule has 0 saturated heterocycles. The van der Waals surface area contributed by atoms with Crippen LogP contribution in [0, 0.1) is 22.7 Å². The number of anilines is 6. The van der Waals surface area contributed by atoms with Gasteiger partial charge < -0.3 is 18.9 Å². The topological polar surface area (TPSA) is 63.9 Å². The molecule has 0 radical (unpaired) electrons. The van der Waals surface area contributed by atoms with Crippen LogP contribution in [0.5, 0.6) is 0 Å². The van der Waals surface area contributed by atoms with E-state index >= 15 is 0 Å². The molecule has 0 saturated carbocycles. The highest BCUT2D eigenvalue weighted by Crippen LogP contribution is 2.52. The lowest BCUT2D eigenvalue weighted by molar-refractivity contribution is 0.568. The molecular weight excluding hydrogens is 1340 g/mol. The van der Waals surface area contributed by atoms with E-state index in [1.54, 1.807) is 0 Å². The molecule has 17 rings (SSSR count). The molecule has 7 heteroatoms. The number of para-hydroxylation sites is 4. The summed E-state index contributed by atoms with van der Waals surface area (Å²) >= 11 is 0. The SMILES string of the molecule is [2H]c1c([2H])c(-c2cc(C#N)c(N3c4cc(-c5cc(C(C)(C)C)cc(C(C)(C)C)c5)ccc4B4c5ccc(-c6cc(C(C)(C)C)cc(C(C)(C)C)c6)cc5N(c5ccc(C#N)c(-n6c7ccccc7c7ccccc76)c5)c5cc(-c6ccc(C(C)(C)C)cc6)cc3c54)cc2-n2c3ccccc3c3ccccc32)c([2H])c(C(C)(C)C)c1[2H]. The summed E-state index contributed by atoms with van der Waals surface area (Å²) in [4.78, 5) is 4.80. The molecule has 15 aromatic rings. The van der Waals surface area contributed by atoms with E-state index in [4.69, 9.17) is 0 Å². The van der Waals surface area contributed by atoms with Gasteiger partial charge >= 0.3 is 0 Å². The van der Waals surface area contributed by atoms with Gasteiger partial charge in [-0.15, -0.1) is 0 Å². The van der Waals surface area contributed by atoms with Crippen molar-refractivity contribution in [1.29, 1.82) is 10.5 Å². The highest BCUT2D eigenvalue weighted by molar-refractivity contribution is 7.00. The Hall–Kier alpha value is -11.9. The summed E-state index contributed by atoms with van der Waals surface area (Å²) in [5.41, 5.74) is 25.5. The van der Waals surface area contributed by atoms with Crippen LogP contribution in [0.3, 0.4) is 0 Å². The fourth-order valence-electron chi connectivity index (χ4n) is 16.9. The first kappa shape index (κ1) is 67.2. The monoisotopic (exact) mass is 1440 g/mol. The molecule has 2 aromatic heterocycles. The van der Waals surface area contributed by atoms with Crippen molar-refractivity contribution in [2.75, 3.05) is 9.80 Å². The van der Waals surface area contributed by atoms with Gasteiger partial charge in [-0.25, -0.2) is 0 Å². The van der Waals surface area contributed by atoms with Gasteiger partial charge in [0.15, 0.2) is 0 Å². The van der Waals surface area contributed by atoms with E-state index < -0.39 is 12.1 Å². The summed E-state index contributed by atoms with van der Waals surface area (Å²) in [7, 11) is 0. The van der Waals surface area contributed by atoms with Crippen LogP contribution in [0.1, 0.15) is 175 Å². The quantitative estimate of drug-likeness (QED) is 0.142. The molecule has 546 valence electrons. The minimum Gasteiger partial charge on any atom is -0.311 e. The maximum Gasteiger partial charge on any atom is 0.252 e. The molecule has 13 aromatic carbocycles. The van der Waals surface area contributed by atoms with Crippen molar-refractivity contribution < 1.29 is 5.48 Å². The summed E-state index contributed by atoms with van der Waals surface area (Å²) in [6, 6.07) is 90.7. The summed E-state index contributed by atoms with van der Waals surface area (Å²) in [5, 5.41) is 28.3. The second kappa shape index (κ2) is 25.9. The first-order chi connectivity index (χ1) is 54.4. The Balaban J connectivity index is 1.05. The van der Waals surface area contributed by atoms with E-state index in [1.807, 2.05) is 45.0 Å². The van der Waals surface area contributed by atoms with Gasteiger partial charge in [-0.05, 0) is 200 Å². The first-order valence-electron chi connectivity index (χ1n) is 41.1. The van der Waals surface area contributed by atoms with Crippen molar-refractivity contribution in [2.45, 2.75) is 157 Å². The van der Waals surface area contributed by atoms with Gasteiger partial charge in [0, 0.05) is 55.5 Å². The van der Waals surface area contributed by atoms with Crippen LogP contribution in [-0.4, -0.2) is 15.8 Å². The lowest BCUT2D eigenvalue weighted by atomic mass is 9.33. The zero-order valence-corrected chi connectivity index (χ0v) is 67.3. The summed E-state index contributed by atoms with van der Waals surface area (Å²) in [5.74, 6) is 0. The molecule has 2 aliphatic rings. The normalized spacial score (nSPS) is 13.7. The van der Waals surface area contributed by atoms with Crippen molar-refractivity contribution in [3.05, 3.63) is 305 Å². The van der Waals surface area contributed by atoms with Crippen LogP contribution in [0.4, 0.5) is 34.1 Å². The predicted molar refractivity (Wildman–Crippen MR) is 473 cm³/mol. The zero-order valence-electron chi connectivity index (χ0n) is 71.3. The van der Waals surface area contributed by atoms with Crippen LogP contribution in [0.2, 0.25) is 0 Å². The van der Waals surface area contributed by atoms with E-state index in [0.717, 1.165) is 128 Å². The number of nitrogens with zero attached hydrogens (tertiary/aromatic N) is 6. The highest BCUT2D eigenvalue weighted by atomic mass is 15.2. The predicted octanol–water partition coefficient (Wildman–Crippen LogP) is 26.2. The maximum atomic E-state index is 12.6. The van der Waals surface area contributed by atoms with Crippen LogP contribution in [0.25, 0.3) is 99.5 Å². The largest absolute Gasteiger partial charge is 0.311 e. The van der Waals surface area contributed by atoms with E-state index in [2.05, 4.69) is 347 Å². The third-order valence-corrected chi connectivity index (χ3v) is 23.3. The molecule has 6 nitrogen and oxygen atoms in total. The second-order valence-corrected chi connectivity index (χ2v) is 37.1. The number of hydrogen-bond donors (Lipinski definition) is 0. The molecule has 4 heterocycles. The lowest BCUT2D eigenvalue weighted by Crippen LogP contribution is -2.61. The Bertz CT molecular complexity index is 6520. The van der Waals surface area contributed by atoms with Crippen molar-refractivity contribution in [3.8, 4) is 68.0 Å². The Kier molecular flexibility index (Phi) is 15.7. The molecule has 0 spiro atoms. The molecule has 0 unspecified atom stereocenters. The van der Waals surface area contributed by atoms with Crippen molar-refractivity contribution in [1.82, 2.24) is 9.13 Å². The maximum absolute atomic E-state index is 12.6. The third kappa shape index (κ3) is 12.3. The van der Waals surface area contributed by atoms with Gasteiger partial charge in [0.05, 0.1) is 55.7 Å². The lowest BCUT2D eigenvalue weighted by Gasteiger charge is -2.45. The highest BCUT2D eigenvalue weighted by Gasteiger charge is 2.45. The fraction of sp³-hybridized carbons (Fsp3) is 0.231. The number of fused-ring (bicyclic) bond motifs is 10. The van der Waals surface area contributed by atoms with Crippen LogP contribution >= 0.6 is 0 Å². The Morgan fingerprint density at radius 2 is 0.694 bits per heavy atom. The molecule has 0 aliphatic carbocycles. The fourth-order valence-corrected chi connectivity index (χ4v) is 16.9.